The van der Waals surface area contributed by atoms with E-state index in [1.54, 1.807) is 13.8 Å². The minimum atomic E-state index is -1.62. The van der Waals surface area contributed by atoms with Gasteiger partial charge in [-0.2, -0.15) is 0 Å². The zero-order valence-corrected chi connectivity index (χ0v) is 10.3. The van der Waals surface area contributed by atoms with Gasteiger partial charge in [0.2, 0.25) is 0 Å². The van der Waals surface area contributed by atoms with Gasteiger partial charge in [0.1, 0.15) is 0 Å². The van der Waals surface area contributed by atoms with Crippen LogP contribution in [0.2, 0.25) is 0 Å². The number of unbranched alkanes of at least 4 members (excludes halogenated alkanes) is 3. The van der Waals surface area contributed by atoms with Crippen LogP contribution in [-0.4, -0.2) is 41.0 Å². The number of carbonyl (C=O) groups is 2. The van der Waals surface area contributed by atoms with Gasteiger partial charge in [-0.05, 0) is 12.3 Å². The van der Waals surface area contributed by atoms with Crippen molar-refractivity contribution < 1.29 is 19.8 Å². The van der Waals surface area contributed by atoms with Crippen LogP contribution in [0.1, 0.15) is 52.9 Å². The fourth-order valence-electron chi connectivity index (χ4n) is 1.92. The monoisotopic (exact) mass is 238 g/mol. The molecule has 0 bridgehead atoms. The molecule has 0 aliphatic carbocycles. The summed E-state index contributed by atoms with van der Waals surface area (Å²) < 4.78 is 0. The molecule has 96 valence electrons. The molecule has 0 aromatic carbocycles. The Morgan fingerprint density at radius 1 is 1.06 bits per heavy atom. The fourth-order valence-corrected chi connectivity index (χ4v) is 1.92. The Balaban J connectivity index is 0. The van der Waals surface area contributed by atoms with Crippen LogP contribution in [0.4, 0.5) is 0 Å². The number of aliphatic carboxylic acids is 2. The molecule has 0 saturated heterocycles. The first kappa shape index (κ1) is 18.9. The van der Waals surface area contributed by atoms with Gasteiger partial charge in [0.05, 0.1) is 0 Å². The van der Waals surface area contributed by atoms with E-state index in [0.717, 1.165) is 19.3 Å². The van der Waals surface area contributed by atoms with Gasteiger partial charge < -0.3 is 10.2 Å². The molecule has 0 amide bonds. The average Bonchev–Trinajstić information content (AvgIpc) is 2.16. The second-order valence-corrected chi connectivity index (χ2v) is 4.55. The first-order valence-electron chi connectivity index (χ1n) is 5.86. The van der Waals surface area contributed by atoms with Crippen LogP contribution >= 0.6 is 0 Å². The van der Waals surface area contributed by atoms with Crippen molar-refractivity contribution in [1.29, 1.82) is 0 Å². The third-order valence-electron chi connectivity index (χ3n) is 3.17. The predicted molar refractivity (Wildman–Crippen MR) is 68.5 cm³/mol. The molecule has 0 heterocycles. The quantitative estimate of drug-likeness (QED) is 0.386. The Bertz CT molecular complexity index is 237. The summed E-state index contributed by atoms with van der Waals surface area (Å²) in [6.45, 7) is 5.37. The van der Waals surface area contributed by atoms with Crippen LogP contribution in [0.3, 0.4) is 0 Å². The molecule has 4 nitrogen and oxygen atoms in total. The van der Waals surface area contributed by atoms with Crippen molar-refractivity contribution >= 4 is 30.8 Å². The number of carboxylic acid groups (broad SMARTS) is 2. The molecule has 0 unspecified atom stereocenters. The Labute approximate surface area is 115 Å². The summed E-state index contributed by atoms with van der Waals surface area (Å²) in [7, 11) is 0. The first-order valence-corrected chi connectivity index (χ1v) is 5.86. The van der Waals surface area contributed by atoms with Crippen LogP contribution in [0.25, 0.3) is 0 Å². The van der Waals surface area contributed by atoms with Gasteiger partial charge in [-0.15, -0.1) is 0 Å². The molecule has 5 heteroatoms. The normalized spacial score (nSPS) is 11.1. The van der Waals surface area contributed by atoms with Gasteiger partial charge in [0.15, 0.2) is 5.41 Å². The van der Waals surface area contributed by atoms with Crippen molar-refractivity contribution in [1.82, 2.24) is 0 Å². The van der Waals surface area contributed by atoms with Gasteiger partial charge >= 0.3 is 30.8 Å². The van der Waals surface area contributed by atoms with E-state index in [-0.39, 0.29) is 25.3 Å². The van der Waals surface area contributed by atoms with E-state index in [9.17, 15) is 9.59 Å². The second-order valence-electron chi connectivity index (χ2n) is 4.55. The van der Waals surface area contributed by atoms with Crippen LogP contribution < -0.4 is 0 Å². The molecule has 2 N–H and O–H groups in total. The van der Waals surface area contributed by atoms with Crippen molar-refractivity contribution in [3.05, 3.63) is 0 Å². The van der Waals surface area contributed by atoms with Crippen LogP contribution in [0, 0.1) is 11.3 Å². The van der Waals surface area contributed by atoms with Crippen LogP contribution in [0.15, 0.2) is 0 Å². The van der Waals surface area contributed by atoms with E-state index in [4.69, 9.17) is 10.2 Å². The standard InChI is InChI=1S/C12H22O4.Li.H/c1-4-5-6-7-8-12(9(2)3,10(13)14)11(15)16;;/h9H,4-8H2,1-3H3,(H,13,14)(H,15,16);;. The molecule has 0 aliphatic rings. The molecule has 0 spiro atoms. The van der Waals surface area contributed by atoms with Crippen molar-refractivity contribution in [3.8, 4) is 0 Å². The summed E-state index contributed by atoms with van der Waals surface area (Å²) in [5, 5.41) is 18.3. The molecular formula is C12H23LiO4. The number of rotatable bonds is 8. The molecule has 0 atom stereocenters. The molecule has 0 rings (SSSR count). The maximum absolute atomic E-state index is 11.2. The van der Waals surface area contributed by atoms with E-state index >= 15 is 0 Å². The maximum atomic E-state index is 11.2. The minimum absolute atomic E-state index is 0. The summed E-state index contributed by atoms with van der Waals surface area (Å²) >= 11 is 0. The molecule has 0 saturated carbocycles. The molecule has 0 aromatic heterocycles. The molecular weight excluding hydrogens is 215 g/mol. The van der Waals surface area contributed by atoms with Crippen molar-refractivity contribution in [2.45, 2.75) is 52.9 Å². The van der Waals surface area contributed by atoms with Crippen molar-refractivity contribution in [3.63, 3.8) is 0 Å². The van der Waals surface area contributed by atoms with E-state index in [2.05, 4.69) is 6.92 Å². The van der Waals surface area contributed by atoms with Gasteiger partial charge in [-0.1, -0.05) is 46.5 Å². The van der Waals surface area contributed by atoms with Gasteiger partial charge in [0.25, 0.3) is 0 Å². The summed E-state index contributed by atoms with van der Waals surface area (Å²) in [5.41, 5.74) is -1.62. The Kier molecular flexibility index (Phi) is 9.56. The van der Waals surface area contributed by atoms with Gasteiger partial charge in [0, 0.05) is 0 Å². The van der Waals surface area contributed by atoms with E-state index in [1.807, 2.05) is 0 Å². The van der Waals surface area contributed by atoms with E-state index < -0.39 is 23.3 Å². The van der Waals surface area contributed by atoms with Gasteiger partial charge in [-0.25, -0.2) is 0 Å². The van der Waals surface area contributed by atoms with Gasteiger partial charge in [-0.3, -0.25) is 9.59 Å². The Morgan fingerprint density at radius 3 is 1.82 bits per heavy atom. The van der Waals surface area contributed by atoms with E-state index in [0.29, 0.717) is 6.42 Å². The SMILES string of the molecule is CCCCCCC(C(=O)O)(C(=O)O)C(C)C.[LiH]. The average molecular weight is 238 g/mol. The summed E-state index contributed by atoms with van der Waals surface area (Å²) in [6.07, 6.45) is 3.84. The van der Waals surface area contributed by atoms with Crippen molar-refractivity contribution in [2.24, 2.45) is 11.3 Å². The molecule has 0 fully saturated rings. The molecule has 0 aromatic rings. The molecule has 17 heavy (non-hydrogen) atoms. The van der Waals surface area contributed by atoms with Crippen LogP contribution in [-0.2, 0) is 9.59 Å². The topological polar surface area (TPSA) is 74.6 Å². The molecule has 0 radical (unpaired) electrons. The predicted octanol–water partition coefficient (Wildman–Crippen LogP) is 2.12. The third kappa shape index (κ3) is 4.73. The van der Waals surface area contributed by atoms with Crippen molar-refractivity contribution in [2.75, 3.05) is 0 Å². The Morgan fingerprint density at radius 2 is 1.53 bits per heavy atom. The second kappa shape index (κ2) is 8.60. The zero-order valence-electron chi connectivity index (χ0n) is 10.3. The Hall–Kier alpha value is -0.463. The van der Waals surface area contributed by atoms with Crippen LogP contribution in [0.5, 0.6) is 0 Å². The summed E-state index contributed by atoms with van der Waals surface area (Å²) in [6, 6.07) is 0. The first-order chi connectivity index (χ1) is 7.39. The van der Waals surface area contributed by atoms with E-state index in [1.165, 1.54) is 0 Å². The number of carboxylic acids is 2. The third-order valence-corrected chi connectivity index (χ3v) is 3.17. The summed E-state index contributed by atoms with van der Waals surface area (Å²) in [5.74, 6) is -2.83. The number of hydrogen-bond acceptors (Lipinski definition) is 2. The summed E-state index contributed by atoms with van der Waals surface area (Å²) in [4.78, 5) is 22.4. The zero-order chi connectivity index (χ0) is 12.8. The number of hydrogen-bond donors (Lipinski definition) is 2. The molecule has 0 aliphatic heterocycles. The fraction of sp³-hybridized carbons (Fsp3) is 0.833.